The van der Waals surface area contributed by atoms with E-state index < -0.39 is 6.10 Å². The molecule has 1 unspecified atom stereocenters. The summed E-state index contributed by atoms with van der Waals surface area (Å²) in [6.45, 7) is 4.00. The number of imidazole rings is 1. The van der Waals surface area contributed by atoms with Crippen LogP contribution in [-0.4, -0.2) is 14.5 Å². The van der Waals surface area contributed by atoms with Crippen LogP contribution < -0.4 is 0 Å². The molecule has 1 N–H and O–H groups in total. The van der Waals surface area contributed by atoms with Gasteiger partial charge >= 0.3 is 0 Å². The maximum atomic E-state index is 10.4. The number of aliphatic hydroxyl groups is 1. The average Bonchev–Trinajstić information content (AvgIpc) is 2.85. The quantitative estimate of drug-likeness (QED) is 0.778. The molecule has 0 amide bonds. The zero-order valence-corrected chi connectivity index (χ0v) is 12.8. The molecule has 0 fully saturated rings. The fourth-order valence-corrected chi connectivity index (χ4v) is 2.63. The van der Waals surface area contributed by atoms with Crippen molar-refractivity contribution >= 4 is 17.2 Å². The SMILES string of the molecule is CCC(O)c1c(-c2ccc(C)cc2)nc2ccc(Cl)cn12. The Balaban J connectivity index is 2.28. The molecule has 3 aromatic rings. The molecular weight excluding hydrogens is 284 g/mol. The minimum absolute atomic E-state index is 0.574. The van der Waals surface area contributed by atoms with Gasteiger partial charge in [-0.1, -0.05) is 48.4 Å². The zero-order chi connectivity index (χ0) is 15.0. The van der Waals surface area contributed by atoms with Crippen LogP contribution in [0.1, 0.15) is 30.7 Å². The number of pyridine rings is 1. The highest BCUT2D eigenvalue weighted by Crippen LogP contribution is 2.31. The van der Waals surface area contributed by atoms with Gasteiger partial charge in [0, 0.05) is 11.8 Å². The van der Waals surface area contributed by atoms with Gasteiger partial charge in [-0.2, -0.15) is 0 Å². The molecule has 0 saturated carbocycles. The van der Waals surface area contributed by atoms with Crippen LogP contribution in [-0.2, 0) is 0 Å². The fourth-order valence-electron chi connectivity index (χ4n) is 2.47. The lowest BCUT2D eigenvalue weighted by molar-refractivity contribution is 0.168. The summed E-state index contributed by atoms with van der Waals surface area (Å²) in [6, 6.07) is 11.8. The maximum absolute atomic E-state index is 10.4. The molecule has 1 aromatic carbocycles. The van der Waals surface area contributed by atoms with Gasteiger partial charge in [0.2, 0.25) is 0 Å². The van der Waals surface area contributed by atoms with E-state index in [9.17, 15) is 5.11 Å². The van der Waals surface area contributed by atoms with Crippen LogP contribution in [0.25, 0.3) is 16.9 Å². The molecule has 2 aromatic heterocycles. The molecule has 21 heavy (non-hydrogen) atoms. The molecule has 3 rings (SSSR count). The Labute approximate surface area is 128 Å². The fraction of sp³-hybridized carbons (Fsp3) is 0.235. The minimum Gasteiger partial charge on any atom is -0.387 e. The number of aromatic nitrogens is 2. The predicted molar refractivity (Wildman–Crippen MR) is 85.6 cm³/mol. The Kier molecular flexibility index (Phi) is 3.70. The highest BCUT2D eigenvalue weighted by Gasteiger charge is 2.19. The van der Waals surface area contributed by atoms with E-state index in [0.717, 1.165) is 22.6 Å². The van der Waals surface area contributed by atoms with Crippen molar-refractivity contribution in [3.8, 4) is 11.3 Å². The summed E-state index contributed by atoms with van der Waals surface area (Å²) in [6.07, 6.45) is 1.85. The number of aryl methyl sites for hydroxylation is 1. The second kappa shape index (κ2) is 5.51. The average molecular weight is 301 g/mol. The lowest BCUT2D eigenvalue weighted by Gasteiger charge is -2.11. The summed E-state index contributed by atoms with van der Waals surface area (Å²) in [5, 5.41) is 11.0. The molecule has 3 nitrogen and oxygen atoms in total. The normalized spacial score (nSPS) is 12.8. The maximum Gasteiger partial charge on any atom is 0.137 e. The highest BCUT2D eigenvalue weighted by atomic mass is 35.5. The number of nitrogens with zero attached hydrogens (tertiary/aromatic N) is 2. The zero-order valence-electron chi connectivity index (χ0n) is 12.0. The molecule has 0 bridgehead atoms. The molecule has 0 aliphatic heterocycles. The van der Waals surface area contributed by atoms with E-state index in [1.165, 1.54) is 5.56 Å². The van der Waals surface area contributed by atoms with Crippen LogP contribution in [0.2, 0.25) is 5.02 Å². The lowest BCUT2D eigenvalue weighted by Crippen LogP contribution is -2.02. The number of benzene rings is 1. The molecule has 0 saturated heterocycles. The summed E-state index contributed by atoms with van der Waals surface area (Å²) in [4.78, 5) is 4.67. The van der Waals surface area contributed by atoms with E-state index in [2.05, 4.69) is 24.0 Å². The van der Waals surface area contributed by atoms with Crippen LogP contribution in [0.4, 0.5) is 0 Å². The second-order valence-electron chi connectivity index (χ2n) is 5.21. The smallest absolute Gasteiger partial charge is 0.137 e. The van der Waals surface area contributed by atoms with Crippen molar-refractivity contribution in [3.63, 3.8) is 0 Å². The van der Waals surface area contributed by atoms with E-state index in [1.54, 1.807) is 6.20 Å². The predicted octanol–water partition coefficient (Wildman–Crippen LogP) is 4.41. The number of halogens is 1. The van der Waals surface area contributed by atoms with E-state index in [1.807, 2.05) is 35.6 Å². The van der Waals surface area contributed by atoms with Gasteiger partial charge in [-0.15, -0.1) is 0 Å². The van der Waals surface area contributed by atoms with Crippen molar-refractivity contribution in [3.05, 3.63) is 58.9 Å². The van der Waals surface area contributed by atoms with E-state index in [4.69, 9.17) is 11.6 Å². The first-order chi connectivity index (χ1) is 10.1. The Morgan fingerprint density at radius 1 is 1.19 bits per heavy atom. The van der Waals surface area contributed by atoms with Gasteiger partial charge in [0.05, 0.1) is 22.5 Å². The summed E-state index contributed by atoms with van der Waals surface area (Å²) in [5.74, 6) is 0. The van der Waals surface area contributed by atoms with E-state index in [-0.39, 0.29) is 0 Å². The molecule has 4 heteroatoms. The summed E-state index contributed by atoms with van der Waals surface area (Å²) in [7, 11) is 0. The van der Waals surface area contributed by atoms with Crippen molar-refractivity contribution < 1.29 is 5.11 Å². The van der Waals surface area contributed by atoms with Gasteiger partial charge in [-0.25, -0.2) is 4.98 Å². The molecule has 0 aliphatic rings. The highest BCUT2D eigenvalue weighted by molar-refractivity contribution is 6.30. The molecule has 0 spiro atoms. The van der Waals surface area contributed by atoms with Gasteiger partial charge in [0.15, 0.2) is 0 Å². The number of hydrogen-bond donors (Lipinski definition) is 1. The van der Waals surface area contributed by atoms with Gasteiger partial charge in [0.25, 0.3) is 0 Å². The number of hydrogen-bond acceptors (Lipinski definition) is 2. The summed E-state index contributed by atoms with van der Waals surface area (Å²) in [5.41, 5.74) is 4.59. The Morgan fingerprint density at radius 2 is 1.90 bits per heavy atom. The lowest BCUT2D eigenvalue weighted by atomic mass is 10.0. The van der Waals surface area contributed by atoms with Gasteiger partial charge in [-0.3, -0.25) is 4.40 Å². The minimum atomic E-state index is -0.574. The van der Waals surface area contributed by atoms with E-state index in [0.29, 0.717) is 11.4 Å². The van der Waals surface area contributed by atoms with E-state index >= 15 is 0 Å². The monoisotopic (exact) mass is 300 g/mol. The first kappa shape index (κ1) is 14.1. The van der Waals surface area contributed by atoms with Crippen LogP contribution in [0, 0.1) is 6.92 Å². The molecule has 0 aliphatic carbocycles. The number of aliphatic hydroxyl groups excluding tert-OH is 1. The topological polar surface area (TPSA) is 37.5 Å². The Hall–Kier alpha value is -1.84. The summed E-state index contributed by atoms with van der Waals surface area (Å²) < 4.78 is 1.88. The Bertz CT molecular complexity index is 777. The van der Waals surface area contributed by atoms with Crippen molar-refractivity contribution in [2.45, 2.75) is 26.4 Å². The van der Waals surface area contributed by atoms with Crippen LogP contribution in [0.5, 0.6) is 0 Å². The van der Waals surface area contributed by atoms with Crippen molar-refractivity contribution in [2.24, 2.45) is 0 Å². The van der Waals surface area contributed by atoms with Crippen molar-refractivity contribution in [2.75, 3.05) is 0 Å². The molecule has 0 radical (unpaired) electrons. The first-order valence-corrected chi connectivity index (χ1v) is 7.40. The molecule has 108 valence electrons. The molecule has 1 atom stereocenters. The summed E-state index contributed by atoms with van der Waals surface area (Å²) >= 11 is 6.08. The third-order valence-corrected chi connectivity index (χ3v) is 3.87. The van der Waals surface area contributed by atoms with Crippen LogP contribution in [0.3, 0.4) is 0 Å². The van der Waals surface area contributed by atoms with Gasteiger partial charge < -0.3 is 5.11 Å². The van der Waals surface area contributed by atoms with Gasteiger partial charge in [-0.05, 0) is 25.5 Å². The first-order valence-electron chi connectivity index (χ1n) is 7.02. The van der Waals surface area contributed by atoms with Crippen molar-refractivity contribution in [1.82, 2.24) is 9.38 Å². The molecular formula is C17H17ClN2O. The third-order valence-electron chi connectivity index (χ3n) is 3.65. The van der Waals surface area contributed by atoms with Crippen LogP contribution in [0.15, 0.2) is 42.6 Å². The standard InChI is InChI=1S/C17H17ClN2O/c1-3-14(21)17-16(12-6-4-11(2)5-7-12)19-15-9-8-13(18)10-20(15)17/h4-10,14,21H,3H2,1-2H3. The largest absolute Gasteiger partial charge is 0.387 e. The number of fused-ring (bicyclic) bond motifs is 1. The Morgan fingerprint density at radius 3 is 2.57 bits per heavy atom. The molecule has 2 heterocycles. The van der Waals surface area contributed by atoms with Gasteiger partial charge in [0.1, 0.15) is 5.65 Å². The number of rotatable bonds is 3. The van der Waals surface area contributed by atoms with Crippen LogP contribution >= 0.6 is 11.6 Å². The second-order valence-corrected chi connectivity index (χ2v) is 5.65. The van der Waals surface area contributed by atoms with Crippen molar-refractivity contribution in [1.29, 1.82) is 0 Å². The third kappa shape index (κ3) is 2.55.